The van der Waals surface area contributed by atoms with Gasteiger partial charge in [0.25, 0.3) is 0 Å². The Labute approximate surface area is 165 Å². The van der Waals surface area contributed by atoms with Crippen LogP contribution in [0.3, 0.4) is 0 Å². The molecule has 1 atom stereocenters. The van der Waals surface area contributed by atoms with E-state index >= 15 is 0 Å². The molecule has 1 heterocycles. The summed E-state index contributed by atoms with van der Waals surface area (Å²) in [6.45, 7) is 2.12. The van der Waals surface area contributed by atoms with E-state index < -0.39 is 23.9 Å². The van der Waals surface area contributed by atoms with Crippen LogP contribution in [0.25, 0.3) is 0 Å². The van der Waals surface area contributed by atoms with Gasteiger partial charge in [-0.2, -0.15) is 13.2 Å². The van der Waals surface area contributed by atoms with Crippen molar-refractivity contribution in [3.05, 3.63) is 51.7 Å². The number of anilines is 1. The van der Waals surface area contributed by atoms with Crippen LogP contribution in [0.1, 0.15) is 54.0 Å². The summed E-state index contributed by atoms with van der Waals surface area (Å²) in [5.74, 6) is 0. The predicted molar refractivity (Wildman–Crippen MR) is 104 cm³/mol. The van der Waals surface area contributed by atoms with Gasteiger partial charge in [0.15, 0.2) is 0 Å². The highest BCUT2D eigenvalue weighted by Crippen LogP contribution is 2.44. The number of amides is 2. The number of nitrogens with one attached hydrogen (secondary N) is 2. The molecular formula is C20H23F3N2O2S. The van der Waals surface area contributed by atoms with Crippen molar-refractivity contribution < 1.29 is 23.1 Å². The molecule has 8 heteroatoms. The van der Waals surface area contributed by atoms with Crippen LogP contribution in [0.15, 0.2) is 36.4 Å². The lowest BCUT2D eigenvalue weighted by Gasteiger charge is -2.28. The fraction of sp³-hybridized carbons (Fsp3) is 0.450. The van der Waals surface area contributed by atoms with Crippen LogP contribution in [0.2, 0.25) is 0 Å². The van der Waals surface area contributed by atoms with Crippen molar-refractivity contribution in [2.75, 3.05) is 11.9 Å². The molecule has 1 aliphatic carbocycles. The van der Waals surface area contributed by atoms with Crippen LogP contribution in [-0.4, -0.2) is 17.7 Å². The lowest BCUT2D eigenvalue weighted by atomic mass is 9.84. The fourth-order valence-corrected chi connectivity index (χ4v) is 4.81. The second kappa shape index (κ2) is 8.13. The van der Waals surface area contributed by atoms with Gasteiger partial charge < -0.3 is 15.7 Å². The number of carbonyl (C=O) groups excluding carboxylic acids is 1. The Morgan fingerprint density at radius 3 is 2.57 bits per heavy atom. The van der Waals surface area contributed by atoms with Gasteiger partial charge in [0.1, 0.15) is 0 Å². The van der Waals surface area contributed by atoms with Crippen molar-refractivity contribution in [3.63, 3.8) is 0 Å². The first-order valence-corrected chi connectivity index (χ1v) is 10.0. The maximum atomic E-state index is 12.8. The van der Waals surface area contributed by atoms with Gasteiger partial charge in [-0.15, -0.1) is 11.3 Å². The first kappa shape index (κ1) is 20.7. The van der Waals surface area contributed by atoms with E-state index in [1.54, 1.807) is 18.3 Å². The summed E-state index contributed by atoms with van der Waals surface area (Å²) < 4.78 is 38.4. The molecule has 152 valence electrons. The first-order valence-electron chi connectivity index (χ1n) is 9.20. The third-order valence-corrected chi connectivity index (χ3v) is 6.66. The minimum absolute atomic E-state index is 0.0975. The maximum Gasteiger partial charge on any atom is 0.416 e. The van der Waals surface area contributed by atoms with Crippen LogP contribution < -0.4 is 10.6 Å². The van der Waals surface area contributed by atoms with E-state index in [0.717, 1.165) is 47.6 Å². The Morgan fingerprint density at radius 2 is 1.96 bits per heavy atom. The van der Waals surface area contributed by atoms with Gasteiger partial charge >= 0.3 is 12.2 Å². The monoisotopic (exact) mass is 412 g/mol. The Bertz CT molecular complexity index is 827. The molecule has 1 aromatic carbocycles. The SMILES string of the molecule is CC(O)c1ccc(C2(CNC(=O)Nc3cccc(C(F)(F)F)c3)CCCC2)s1. The lowest BCUT2D eigenvalue weighted by molar-refractivity contribution is -0.137. The minimum atomic E-state index is -4.46. The van der Waals surface area contributed by atoms with E-state index in [0.29, 0.717) is 6.54 Å². The maximum absolute atomic E-state index is 12.8. The molecule has 1 unspecified atom stereocenters. The number of alkyl halides is 3. The van der Waals surface area contributed by atoms with Crippen molar-refractivity contribution in [3.8, 4) is 0 Å². The van der Waals surface area contributed by atoms with Crippen LogP contribution in [0.4, 0.5) is 23.7 Å². The topological polar surface area (TPSA) is 61.4 Å². The van der Waals surface area contributed by atoms with Crippen LogP contribution in [-0.2, 0) is 11.6 Å². The third kappa shape index (κ3) is 4.67. The minimum Gasteiger partial charge on any atom is -0.388 e. The zero-order chi connectivity index (χ0) is 20.4. The molecule has 4 nitrogen and oxygen atoms in total. The molecule has 3 N–H and O–H groups in total. The summed E-state index contributed by atoms with van der Waals surface area (Å²) in [5, 5.41) is 15.1. The summed E-state index contributed by atoms with van der Waals surface area (Å²) in [5.41, 5.74) is -0.898. The summed E-state index contributed by atoms with van der Waals surface area (Å²) in [4.78, 5) is 14.3. The van der Waals surface area contributed by atoms with Gasteiger partial charge in [-0.3, -0.25) is 0 Å². The highest BCUT2D eigenvalue weighted by molar-refractivity contribution is 7.12. The van der Waals surface area contributed by atoms with E-state index in [-0.39, 0.29) is 11.1 Å². The number of carbonyl (C=O) groups is 1. The molecule has 1 aliphatic rings. The number of rotatable bonds is 5. The van der Waals surface area contributed by atoms with Crippen LogP contribution >= 0.6 is 11.3 Å². The van der Waals surface area contributed by atoms with Gasteiger partial charge in [0.05, 0.1) is 11.7 Å². The average Bonchev–Trinajstić information content (AvgIpc) is 3.30. The summed E-state index contributed by atoms with van der Waals surface area (Å²) in [6, 6.07) is 7.95. The number of hydrogen-bond donors (Lipinski definition) is 3. The molecule has 28 heavy (non-hydrogen) atoms. The molecule has 1 aromatic heterocycles. The zero-order valence-electron chi connectivity index (χ0n) is 15.5. The van der Waals surface area contributed by atoms with Crippen molar-refractivity contribution in [1.29, 1.82) is 0 Å². The number of hydrogen-bond acceptors (Lipinski definition) is 3. The summed E-state index contributed by atoms with van der Waals surface area (Å²) >= 11 is 1.55. The standard InChI is InChI=1S/C20H23F3N2O2S/c1-13(26)16-7-8-17(28-16)19(9-2-3-10-19)12-24-18(27)25-15-6-4-5-14(11-15)20(21,22)23/h4-8,11,13,26H,2-3,9-10,12H2,1H3,(H2,24,25,27). The second-order valence-corrected chi connectivity index (χ2v) is 8.37. The molecule has 2 aromatic rings. The fourth-order valence-electron chi connectivity index (χ4n) is 3.62. The highest BCUT2D eigenvalue weighted by atomic mass is 32.1. The molecule has 0 aliphatic heterocycles. The normalized spacial score (nSPS) is 17.3. The summed E-state index contributed by atoms with van der Waals surface area (Å²) in [7, 11) is 0. The molecule has 1 fully saturated rings. The highest BCUT2D eigenvalue weighted by Gasteiger charge is 2.37. The predicted octanol–water partition coefficient (Wildman–Crippen LogP) is 5.45. The molecule has 0 saturated heterocycles. The smallest absolute Gasteiger partial charge is 0.388 e. The van der Waals surface area contributed by atoms with E-state index in [4.69, 9.17) is 0 Å². The van der Waals surface area contributed by atoms with Gasteiger partial charge in [-0.1, -0.05) is 18.9 Å². The molecule has 1 saturated carbocycles. The number of thiophene rings is 1. The van der Waals surface area contributed by atoms with Gasteiger partial charge in [-0.05, 0) is 50.1 Å². The van der Waals surface area contributed by atoms with E-state index in [1.807, 2.05) is 12.1 Å². The van der Waals surface area contributed by atoms with E-state index in [1.165, 1.54) is 12.1 Å². The third-order valence-electron chi connectivity index (χ3n) is 5.16. The Hall–Kier alpha value is -2.06. The van der Waals surface area contributed by atoms with Crippen molar-refractivity contribution in [2.24, 2.45) is 0 Å². The van der Waals surface area contributed by atoms with Crippen molar-refractivity contribution >= 4 is 23.1 Å². The Balaban J connectivity index is 1.66. The van der Waals surface area contributed by atoms with Crippen LogP contribution in [0, 0.1) is 0 Å². The Morgan fingerprint density at radius 1 is 1.25 bits per heavy atom. The lowest BCUT2D eigenvalue weighted by Crippen LogP contribution is -2.40. The largest absolute Gasteiger partial charge is 0.416 e. The van der Waals surface area contributed by atoms with E-state index in [2.05, 4.69) is 10.6 Å². The quantitative estimate of drug-likeness (QED) is 0.611. The number of aliphatic hydroxyl groups is 1. The van der Waals surface area contributed by atoms with E-state index in [9.17, 15) is 23.1 Å². The molecule has 0 spiro atoms. The number of urea groups is 1. The molecule has 2 amide bonds. The number of benzene rings is 1. The van der Waals surface area contributed by atoms with Gasteiger partial charge in [0.2, 0.25) is 0 Å². The zero-order valence-corrected chi connectivity index (χ0v) is 16.3. The average molecular weight is 412 g/mol. The second-order valence-electron chi connectivity index (χ2n) is 7.25. The first-order chi connectivity index (χ1) is 13.2. The van der Waals surface area contributed by atoms with Crippen molar-refractivity contribution in [1.82, 2.24) is 5.32 Å². The summed E-state index contributed by atoms with van der Waals surface area (Å²) in [6.07, 6.45) is -1.03. The van der Waals surface area contributed by atoms with Crippen molar-refractivity contribution in [2.45, 2.75) is 50.3 Å². The molecule has 0 bridgehead atoms. The van der Waals surface area contributed by atoms with Gasteiger partial charge in [-0.25, -0.2) is 4.79 Å². The Kier molecular flexibility index (Phi) is 6.00. The molecule has 3 rings (SSSR count). The number of halogens is 3. The molecule has 0 radical (unpaired) electrons. The number of aliphatic hydroxyl groups excluding tert-OH is 1. The molecular weight excluding hydrogens is 389 g/mol. The van der Waals surface area contributed by atoms with Crippen LogP contribution in [0.5, 0.6) is 0 Å². The van der Waals surface area contributed by atoms with Gasteiger partial charge in [0, 0.05) is 27.4 Å².